The first-order valence-corrected chi connectivity index (χ1v) is 8.51. The molecule has 0 bridgehead atoms. The van der Waals surface area contributed by atoms with Gasteiger partial charge in [0.1, 0.15) is 0 Å². The minimum Gasteiger partial charge on any atom is -0.335 e. The standard InChI is InChI=1S/C18H23N5O2/c1-14(12-22-9-7-19-13-22)21-18(25)20-11-15-4-2-5-16(10-15)23-8-3-6-17(23)24/h2,4-5,7,9-10,13-14H,3,6,8,11-12H2,1H3,(H2,20,21,25)/t14-/m1/s1. The number of nitrogens with one attached hydrogen (secondary N) is 2. The number of aromatic nitrogens is 2. The lowest BCUT2D eigenvalue weighted by Crippen LogP contribution is -2.42. The average Bonchev–Trinajstić information content (AvgIpc) is 3.24. The van der Waals surface area contributed by atoms with E-state index in [1.807, 2.05) is 42.0 Å². The highest BCUT2D eigenvalue weighted by Crippen LogP contribution is 2.22. The van der Waals surface area contributed by atoms with E-state index in [4.69, 9.17) is 0 Å². The van der Waals surface area contributed by atoms with Gasteiger partial charge in [-0.1, -0.05) is 12.1 Å². The lowest BCUT2D eigenvalue weighted by Gasteiger charge is -2.17. The molecular weight excluding hydrogens is 318 g/mol. The van der Waals surface area contributed by atoms with Gasteiger partial charge in [-0.05, 0) is 31.0 Å². The Morgan fingerprint density at radius 1 is 1.40 bits per heavy atom. The second-order valence-electron chi connectivity index (χ2n) is 6.31. The molecule has 7 nitrogen and oxygen atoms in total. The van der Waals surface area contributed by atoms with Gasteiger partial charge in [-0.2, -0.15) is 0 Å². The predicted octanol–water partition coefficient (Wildman–Crippen LogP) is 1.90. The number of imidazole rings is 1. The number of hydrogen-bond donors (Lipinski definition) is 2. The van der Waals surface area contributed by atoms with Crippen molar-refractivity contribution in [3.63, 3.8) is 0 Å². The van der Waals surface area contributed by atoms with Crippen LogP contribution < -0.4 is 15.5 Å². The van der Waals surface area contributed by atoms with Crippen LogP contribution in [0.25, 0.3) is 0 Å². The lowest BCUT2D eigenvalue weighted by atomic mass is 10.2. The number of anilines is 1. The minimum atomic E-state index is -0.213. The molecule has 1 atom stereocenters. The molecule has 132 valence electrons. The first kappa shape index (κ1) is 17.0. The average molecular weight is 341 g/mol. The van der Waals surface area contributed by atoms with E-state index in [0.29, 0.717) is 19.5 Å². The van der Waals surface area contributed by atoms with Gasteiger partial charge in [0.25, 0.3) is 0 Å². The second kappa shape index (κ2) is 7.83. The maximum Gasteiger partial charge on any atom is 0.315 e. The molecule has 2 aromatic rings. The number of hydrogen-bond acceptors (Lipinski definition) is 3. The fourth-order valence-electron chi connectivity index (χ4n) is 2.97. The van der Waals surface area contributed by atoms with Crippen molar-refractivity contribution in [1.29, 1.82) is 0 Å². The van der Waals surface area contributed by atoms with E-state index in [9.17, 15) is 9.59 Å². The zero-order valence-corrected chi connectivity index (χ0v) is 14.3. The van der Waals surface area contributed by atoms with Crippen molar-refractivity contribution in [2.75, 3.05) is 11.4 Å². The van der Waals surface area contributed by atoms with E-state index in [-0.39, 0.29) is 18.0 Å². The molecular formula is C18H23N5O2. The normalized spacial score (nSPS) is 15.2. The third kappa shape index (κ3) is 4.59. The topological polar surface area (TPSA) is 79.3 Å². The van der Waals surface area contributed by atoms with Gasteiger partial charge in [0.05, 0.1) is 6.33 Å². The maximum atomic E-state index is 12.0. The first-order valence-electron chi connectivity index (χ1n) is 8.51. The Morgan fingerprint density at radius 3 is 3.00 bits per heavy atom. The van der Waals surface area contributed by atoms with Crippen LogP contribution >= 0.6 is 0 Å². The van der Waals surface area contributed by atoms with Crippen molar-refractivity contribution in [2.24, 2.45) is 0 Å². The summed E-state index contributed by atoms with van der Waals surface area (Å²) in [5, 5.41) is 5.76. The van der Waals surface area contributed by atoms with Gasteiger partial charge < -0.3 is 20.1 Å². The van der Waals surface area contributed by atoms with Crippen LogP contribution in [-0.4, -0.2) is 34.1 Å². The van der Waals surface area contributed by atoms with Crippen molar-refractivity contribution >= 4 is 17.6 Å². The Morgan fingerprint density at radius 2 is 2.28 bits per heavy atom. The lowest BCUT2D eigenvalue weighted by molar-refractivity contribution is -0.117. The molecule has 3 amide bonds. The highest BCUT2D eigenvalue weighted by atomic mass is 16.2. The van der Waals surface area contributed by atoms with Gasteiger partial charge in [0.2, 0.25) is 5.91 Å². The number of urea groups is 1. The fourth-order valence-corrected chi connectivity index (χ4v) is 2.97. The molecule has 3 rings (SSSR count). The molecule has 0 aliphatic carbocycles. The predicted molar refractivity (Wildman–Crippen MR) is 95.1 cm³/mol. The number of amides is 3. The number of carbonyl (C=O) groups excluding carboxylic acids is 2. The summed E-state index contributed by atoms with van der Waals surface area (Å²) in [4.78, 5) is 29.7. The fraction of sp³-hybridized carbons (Fsp3) is 0.389. The minimum absolute atomic E-state index is 0.0113. The van der Waals surface area contributed by atoms with E-state index in [1.54, 1.807) is 17.4 Å². The van der Waals surface area contributed by atoms with Crippen LogP contribution in [0.5, 0.6) is 0 Å². The molecule has 7 heteroatoms. The number of carbonyl (C=O) groups is 2. The zero-order chi connectivity index (χ0) is 17.6. The summed E-state index contributed by atoms with van der Waals surface area (Å²) in [7, 11) is 0. The van der Waals surface area contributed by atoms with Crippen LogP contribution in [0.15, 0.2) is 43.0 Å². The van der Waals surface area contributed by atoms with E-state index in [0.717, 1.165) is 24.2 Å². The van der Waals surface area contributed by atoms with Crippen molar-refractivity contribution in [3.8, 4) is 0 Å². The molecule has 1 saturated heterocycles. The largest absolute Gasteiger partial charge is 0.335 e. The summed E-state index contributed by atoms with van der Waals surface area (Å²) >= 11 is 0. The van der Waals surface area contributed by atoms with Crippen molar-refractivity contribution in [2.45, 2.75) is 38.9 Å². The summed E-state index contributed by atoms with van der Waals surface area (Å²) in [6, 6.07) is 7.52. The number of benzene rings is 1. The Balaban J connectivity index is 1.49. The molecule has 1 aromatic heterocycles. The van der Waals surface area contributed by atoms with E-state index in [1.165, 1.54) is 0 Å². The van der Waals surface area contributed by atoms with Crippen LogP contribution in [0, 0.1) is 0 Å². The van der Waals surface area contributed by atoms with E-state index < -0.39 is 0 Å². The molecule has 0 radical (unpaired) electrons. The molecule has 1 fully saturated rings. The van der Waals surface area contributed by atoms with Crippen LogP contribution in [-0.2, 0) is 17.9 Å². The van der Waals surface area contributed by atoms with Crippen LogP contribution in [0.2, 0.25) is 0 Å². The third-order valence-corrected chi connectivity index (χ3v) is 4.17. The third-order valence-electron chi connectivity index (χ3n) is 4.17. The molecule has 25 heavy (non-hydrogen) atoms. The Kier molecular flexibility index (Phi) is 5.33. The number of nitrogens with zero attached hydrogens (tertiary/aromatic N) is 3. The molecule has 1 aliphatic heterocycles. The van der Waals surface area contributed by atoms with Crippen molar-refractivity contribution < 1.29 is 9.59 Å². The van der Waals surface area contributed by atoms with Gasteiger partial charge in [-0.25, -0.2) is 9.78 Å². The monoisotopic (exact) mass is 341 g/mol. The van der Waals surface area contributed by atoms with Crippen LogP contribution in [0.3, 0.4) is 0 Å². The first-order chi connectivity index (χ1) is 12.1. The molecule has 2 heterocycles. The summed E-state index contributed by atoms with van der Waals surface area (Å²) < 4.78 is 1.92. The smallest absolute Gasteiger partial charge is 0.315 e. The van der Waals surface area contributed by atoms with E-state index >= 15 is 0 Å². The summed E-state index contributed by atoms with van der Waals surface area (Å²) in [6.07, 6.45) is 6.81. The molecule has 0 unspecified atom stereocenters. The Bertz CT molecular complexity index is 729. The highest BCUT2D eigenvalue weighted by Gasteiger charge is 2.21. The highest BCUT2D eigenvalue weighted by molar-refractivity contribution is 5.95. The van der Waals surface area contributed by atoms with Gasteiger partial charge in [0.15, 0.2) is 0 Å². The number of rotatable bonds is 6. The van der Waals surface area contributed by atoms with Crippen LogP contribution in [0.4, 0.5) is 10.5 Å². The summed E-state index contributed by atoms with van der Waals surface area (Å²) in [6.45, 7) is 3.79. The SMILES string of the molecule is C[C@H](Cn1ccnc1)NC(=O)NCc1cccc(N2CCCC2=O)c1. The van der Waals surface area contributed by atoms with Gasteiger partial charge in [0, 0.05) is 50.2 Å². The Hall–Kier alpha value is -2.83. The maximum absolute atomic E-state index is 12.0. The van der Waals surface area contributed by atoms with Crippen molar-refractivity contribution in [3.05, 3.63) is 48.5 Å². The summed E-state index contributed by atoms with van der Waals surface area (Å²) in [5.41, 5.74) is 1.87. The zero-order valence-electron chi connectivity index (χ0n) is 14.3. The quantitative estimate of drug-likeness (QED) is 0.842. The Labute approximate surface area is 147 Å². The second-order valence-corrected chi connectivity index (χ2v) is 6.31. The molecule has 1 aliphatic rings. The molecule has 1 aromatic carbocycles. The summed E-state index contributed by atoms with van der Waals surface area (Å²) in [5.74, 6) is 0.163. The molecule has 0 saturated carbocycles. The van der Waals surface area contributed by atoms with Crippen LogP contribution in [0.1, 0.15) is 25.3 Å². The van der Waals surface area contributed by atoms with Gasteiger partial charge in [-0.15, -0.1) is 0 Å². The van der Waals surface area contributed by atoms with Gasteiger partial charge >= 0.3 is 6.03 Å². The van der Waals surface area contributed by atoms with E-state index in [2.05, 4.69) is 15.6 Å². The molecule has 0 spiro atoms. The molecule has 2 N–H and O–H groups in total. The van der Waals surface area contributed by atoms with Gasteiger partial charge in [-0.3, -0.25) is 4.79 Å². The van der Waals surface area contributed by atoms with Crippen molar-refractivity contribution in [1.82, 2.24) is 20.2 Å².